The Kier molecular flexibility index (Phi) is 3.62. The highest BCUT2D eigenvalue weighted by molar-refractivity contribution is 5.20. The van der Waals surface area contributed by atoms with Gasteiger partial charge < -0.3 is 10.5 Å². The molecule has 1 aliphatic rings. The number of para-hydroxylation sites is 1. The Morgan fingerprint density at radius 1 is 1.27 bits per heavy atom. The van der Waals surface area contributed by atoms with E-state index in [1.165, 1.54) is 19.3 Å². The average Bonchev–Trinajstić information content (AvgIpc) is 3.03. The minimum Gasteiger partial charge on any atom is -0.494 e. The zero-order chi connectivity index (χ0) is 10.5. The minimum absolute atomic E-state index is 0.321. The molecule has 0 amide bonds. The van der Waals surface area contributed by atoms with Gasteiger partial charge in [-0.3, -0.25) is 0 Å². The summed E-state index contributed by atoms with van der Waals surface area (Å²) in [6.45, 7) is 0.734. The van der Waals surface area contributed by atoms with Crippen molar-refractivity contribution in [3.63, 3.8) is 0 Å². The number of nitrogens with two attached hydrogens (primary N) is 1. The second-order valence-corrected chi connectivity index (χ2v) is 4.39. The molecule has 1 aliphatic carbocycles. The largest absolute Gasteiger partial charge is 0.494 e. The van der Waals surface area contributed by atoms with Crippen molar-refractivity contribution in [2.24, 2.45) is 11.7 Å². The van der Waals surface area contributed by atoms with Gasteiger partial charge in [0, 0.05) is 6.04 Å². The first-order valence-electron chi connectivity index (χ1n) is 5.78. The lowest BCUT2D eigenvalue weighted by Gasteiger charge is -2.11. The molecule has 0 heterocycles. The van der Waals surface area contributed by atoms with Gasteiger partial charge in [-0.05, 0) is 30.9 Å². The van der Waals surface area contributed by atoms with Crippen molar-refractivity contribution in [2.75, 3.05) is 6.61 Å². The van der Waals surface area contributed by atoms with Crippen molar-refractivity contribution in [2.45, 2.75) is 31.7 Å². The van der Waals surface area contributed by atoms with Crippen molar-refractivity contribution in [3.8, 4) is 5.75 Å². The number of hydrogen-bond donors (Lipinski definition) is 1. The smallest absolute Gasteiger partial charge is 0.119 e. The van der Waals surface area contributed by atoms with Gasteiger partial charge in [0.1, 0.15) is 5.75 Å². The van der Waals surface area contributed by atoms with Crippen LogP contribution in [0.15, 0.2) is 30.3 Å². The Balaban J connectivity index is 1.61. The molecule has 1 saturated carbocycles. The molecular formula is C13H19NO. The molecule has 0 aliphatic heterocycles. The lowest BCUT2D eigenvalue weighted by atomic mass is 10.1. The van der Waals surface area contributed by atoms with Crippen LogP contribution in [-0.2, 0) is 0 Å². The Bertz CT molecular complexity index is 282. The second kappa shape index (κ2) is 5.17. The van der Waals surface area contributed by atoms with Crippen LogP contribution >= 0.6 is 0 Å². The third-order valence-corrected chi connectivity index (χ3v) is 2.83. The number of benzene rings is 1. The van der Waals surface area contributed by atoms with Crippen molar-refractivity contribution < 1.29 is 4.74 Å². The molecule has 0 saturated heterocycles. The molecule has 2 N–H and O–H groups in total. The van der Waals surface area contributed by atoms with Crippen LogP contribution in [0, 0.1) is 5.92 Å². The first-order chi connectivity index (χ1) is 7.34. The van der Waals surface area contributed by atoms with E-state index in [1.807, 2.05) is 30.3 Å². The van der Waals surface area contributed by atoms with E-state index in [4.69, 9.17) is 10.5 Å². The van der Waals surface area contributed by atoms with Gasteiger partial charge in [0.05, 0.1) is 6.61 Å². The summed E-state index contributed by atoms with van der Waals surface area (Å²) in [6, 6.07) is 10.2. The van der Waals surface area contributed by atoms with Crippen LogP contribution in [0.3, 0.4) is 0 Å². The van der Waals surface area contributed by atoms with Crippen LogP contribution in [0.1, 0.15) is 25.7 Å². The highest BCUT2D eigenvalue weighted by atomic mass is 16.5. The SMILES string of the molecule is NC(CCOc1ccccc1)CC1CC1. The highest BCUT2D eigenvalue weighted by Gasteiger charge is 2.23. The molecule has 1 aromatic rings. The molecule has 0 radical (unpaired) electrons. The molecule has 0 bridgehead atoms. The minimum atomic E-state index is 0.321. The summed E-state index contributed by atoms with van der Waals surface area (Å²) >= 11 is 0. The van der Waals surface area contributed by atoms with Gasteiger partial charge in [-0.1, -0.05) is 31.0 Å². The van der Waals surface area contributed by atoms with Crippen LogP contribution in [-0.4, -0.2) is 12.6 Å². The topological polar surface area (TPSA) is 35.2 Å². The summed E-state index contributed by atoms with van der Waals surface area (Å²) in [5.74, 6) is 1.85. The summed E-state index contributed by atoms with van der Waals surface area (Å²) in [5.41, 5.74) is 6.00. The molecule has 1 atom stereocenters. The summed E-state index contributed by atoms with van der Waals surface area (Å²) in [7, 11) is 0. The molecule has 2 rings (SSSR count). The van der Waals surface area contributed by atoms with Crippen LogP contribution in [0.2, 0.25) is 0 Å². The van der Waals surface area contributed by atoms with Gasteiger partial charge in [-0.15, -0.1) is 0 Å². The van der Waals surface area contributed by atoms with Gasteiger partial charge >= 0.3 is 0 Å². The lowest BCUT2D eigenvalue weighted by Crippen LogP contribution is -2.23. The van der Waals surface area contributed by atoms with Crippen LogP contribution in [0.4, 0.5) is 0 Å². The maximum absolute atomic E-state index is 6.00. The van der Waals surface area contributed by atoms with Crippen molar-refractivity contribution in [1.82, 2.24) is 0 Å². The van der Waals surface area contributed by atoms with Crippen LogP contribution in [0.25, 0.3) is 0 Å². The standard InChI is InChI=1S/C13H19NO/c14-12(10-11-6-7-11)8-9-15-13-4-2-1-3-5-13/h1-5,11-12H,6-10,14H2. The number of rotatable bonds is 6. The molecule has 1 unspecified atom stereocenters. The fourth-order valence-electron chi connectivity index (χ4n) is 1.74. The van der Waals surface area contributed by atoms with Gasteiger partial charge in [0.25, 0.3) is 0 Å². The van der Waals surface area contributed by atoms with Crippen molar-refractivity contribution >= 4 is 0 Å². The quantitative estimate of drug-likeness (QED) is 0.774. The summed E-state index contributed by atoms with van der Waals surface area (Å²) in [4.78, 5) is 0. The van der Waals surface area contributed by atoms with Gasteiger partial charge in [-0.25, -0.2) is 0 Å². The predicted molar refractivity (Wildman–Crippen MR) is 61.9 cm³/mol. The van der Waals surface area contributed by atoms with E-state index in [2.05, 4.69) is 0 Å². The first kappa shape index (κ1) is 10.5. The zero-order valence-electron chi connectivity index (χ0n) is 9.06. The fourth-order valence-corrected chi connectivity index (χ4v) is 1.74. The summed E-state index contributed by atoms with van der Waals surface area (Å²) in [6.07, 6.45) is 4.91. The maximum Gasteiger partial charge on any atom is 0.119 e. The molecule has 82 valence electrons. The molecule has 0 spiro atoms. The van der Waals surface area contributed by atoms with E-state index in [0.717, 1.165) is 24.7 Å². The van der Waals surface area contributed by atoms with E-state index in [0.29, 0.717) is 6.04 Å². The van der Waals surface area contributed by atoms with Crippen LogP contribution < -0.4 is 10.5 Å². The van der Waals surface area contributed by atoms with Gasteiger partial charge in [0.15, 0.2) is 0 Å². The van der Waals surface area contributed by atoms with E-state index < -0.39 is 0 Å². The Morgan fingerprint density at radius 2 is 2.00 bits per heavy atom. The van der Waals surface area contributed by atoms with Crippen molar-refractivity contribution in [3.05, 3.63) is 30.3 Å². The normalized spacial score (nSPS) is 17.4. The first-order valence-corrected chi connectivity index (χ1v) is 5.78. The Hall–Kier alpha value is -1.02. The third kappa shape index (κ3) is 3.92. The van der Waals surface area contributed by atoms with E-state index in [-0.39, 0.29) is 0 Å². The highest BCUT2D eigenvalue weighted by Crippen LogP contribution is 2.33. The fraction of sp³-hybridized carbons (Fsp3) is 0.538. The van der Waals surface area contributed by atoms with Crippen LogP contribution in [0.5, 0.6) is 5.75 Å². The van der Waals surface area contributed by atoms with Gasteiger partial charge in [-0.2, -0.15) is 0 Å². The summed E-state index contributed by atoms with van der Waals surface area (Å²) < 4.78 is 5.60. The summed E-state index contributed by atoms with van der Waals surface area (Å²) in [5, 5.41) is 0. The van der Waals surface area contributed by atoms with E-state index >= 15 is 0 Å². The molecule has 2 heteroatoms. The molecule has 1 fully saturated rings. The average molecular weight is 205 g/mol. The molecule has 15 heavy (non-hydrogen) atoms. The number of hydrogen-bond acceptors (Lipinski definition) is 2. The molecule has 2 nitrogen and oxygen atoms in total. The lowest BCUT2D eigenvalue weighted by molar-refractivity contribution is 0.292. The third-order valence-electron chi connectivity index (χ3n) is 2.83. The van der Waals surface area contributed by atoms with E-state index in [9.17, 15) is 0 Å². The van der Waals surface area contributed by atoms with E-state index in [1.54, 1.807) is 0 Å². The Labute approximate surface area is 91.4 Å². The van der Waals surface area contributed by atoms with Gasteiger partial charge in [0.2, 0.25) is 0 Å². The maximum atomic E-state index is 6.00. The zero-order valence-corrected chi connectivity index (χ0v) is 9.06. The number of ether oxygens (including phenoxy) is 1. The Morgan fingerprint density at radius 3 is 2.67 bits per heavy atom. The second-order valence-electron chi connectivity index (χ2n) is 4.39. The molecule has 0 aromatic heterocycles. The monoisotopic (exact) mass is 205 g/mol. The van der Waals surface area contributed by atoms with Crippen molar-refractivity contribution in [1.29, 1.82) is 0 Å². The molecule has 1 aromatic carbocycles. The molecular weight excluding hydrogens is 186 g/mol. The predicted octanol–water partition coefficient (Wildman–Crippen LogP) is 2.58.